The fourth-order valence-corrected chi connectivity index (χ4v) is 18.3. The molecular formula is C102H120ClN15O22S3. The third kappa shape index (κ3) is 25.7. The van der Waals surface area contributed by atoms with Crippen LogP contribution < -0.4 is 42.6 Å². The van der Waals surface area contributed by atoms with Gasteiger partial charge in [-0.2, -0.15) is 0 Å². The lowest BCUT2D eigenvalue weighted by atomic mass is 9.81. The Morgan fingerprint density at radius 1 is 0.378 bits per heavy atom. The van der Waals surface area contributed by atoms with Crippen molar-refractivity contribution in [1.29, 1.82) is 0 Å². The number of esters is 1. The minimum atomic E-state index is -4.21. The van der Waals surface area contributed by atoms with Gasteiger partial charge in [-0.25, -0.2) is 85.1 Å². The second kappa shape index (κ2) is 43.5. The van der Waals surface area contributed by atoms with E-state index in [-0.39, 0.29) is 137 Å². The first-order valence-corrected chi connectivity index (χ1v) is 50.5. The summed E-state index contributed by atoms with van der Waals surface area (Å²) in [7, 11) is -7.92. The number of ether oxygens (including phenoxy) is 13. The molecule has 37 nitrogen and oxygen atoms in total. The van der Waals surface area contributed by atoms with Crippen LogP contribution in [0.2, 0.25) is 5.15 Å². The van der Waals surface area contributed by atoms with Crippen molar-refractivity contribution in [2.24, 2.45) is 32.5 Å². The molecule has 0 atom stereocenters. The largest absolute Gasteiger partial charge is 0.493 e. The summed E-state index contributed by atoms with van der Waals surface area (Å²) in [5.41, 5.74) is 3.81. The van der Waals surface area contributed by atoms with Crippen molar-refractivity contribution in [3.8, 4) is 86.7 Å². The molecule has 5 N–H and O–H groups in total. The topological polar surface area (TPSA) is 471 Å². The van der Waals surface area contributed by atoms with Crippen LogP contribution in [0.3, 0.4) is 0 Å². The van der Waals surface area contributed by atoms with Gasteiger partial charge in [0.25, 0.3) is 42.0 Å². The molecule has 12 aromatic rings. The van der Waals surface area contributed by atoms with Gasteiger partial charge in [-0.1, -0.05) is 156 Å². The number of halogens is 1. The highest BCUT2D eigenvalue weighted by Gasteiger charge is 2.60. The van der Waals surface area contributed by atoms with Crippen molar-refractivity contribution in [3.63, 3.8) is 0 Å². The van der Waals surface area contributed by atoms with Gasteiger partial charge in [0.15, 0.2) is 97.7 Å². The zero-order chi connectivity index (χ0) is 104. The third-order valence-corrected chi connectivity index (χ3v) is 27.6. The highest BCUT2D eigenvalue weighted by Crippen LogP contribution is 2.52. The van der Waals surface area contributed by atoms with Gasteiger partial charge < -0.3 is 71.8 Å². The van der Waals surface area contributed by atoms with Crippen molar-refractivity contribution < 1.29 is 102 Å². The average Bonchev–Trinajstić information content (AvgIpc) is 0.735. The Bertz CT molecular complexity index is 6900. The first kappa shape index (κ1) is 108. The van der Waals surface area contributed by atoms with Crippen LogP contribution >= 0.6 is 11.6 Å². The molecule has 6 fully saturated rings. The van der Waals surface area contributed by atoms with Crippen molar-refractivity contribution in [2.45, 2.75) is 171 Å². The maximum absolute atomic E-state index is 13.8. The molecule has 18 rings (SSSR count). The molecule has 6 aromatic carbocycles. The summed E-state index contributed by atoms with van der Waals surface area (Å²) in [6.07, 6.45) is 0.0403. The number of anilines is 3. The Hall–Kier alpha value is -12.7. The molecule has 143 heavy (non-hydrogen) atoms. The van der Waals surface area contributed by atoms with Gasteiger partial charge in [-0.05, 0) is 167 Å². The minimum absolute atomic E-state index is 0.0110. The summed E-state index contributed by atoms with van der Waals surface area (Å²) in [6.45, 7) is 38.1. The molecule has 12 heterocycles. The third-order valence-electron chi connectivity index (χ3n) is 23.3. The van der Waals surface area contributed by atoms with Crippen LogP contribution in [0.5, 0.6) is 51.7 Å². The van der Waals surface area contributed by atoms with Crippen LogP contribution in [0.1, 0.15) is 131 Å². The molecule has 0 radical (unpaired) electrons. The predicted molar refractivity (Wildman–Crippen MR) is 533 cm³/mol. The highest BCUT2D eigenvalue weighted by molar-refractivity contribution is 7.93. The van der Waals surface area contributed by atoms with Gasteiger partial charge in [-0.15, -0.1) is 0 Å². The number of benzene rings is 6. The molecule has 4 bridgehead atoms. The second-order valence-electron chi connectivity index (χ2n) is 38.8. The fraction of sp³-hybridized carbons (Fsp3) is 0.402. The first-order chi connectivity index (χ1) is 67.3. The van der Waals surface area contributed by atoms with Gasteiger partial charge in [0, 0.05) is 68.7 Å². The van der Waals surface area contributed by atoms with Crippen LogP contribution in [-0.4, -0.2) is 194 Å². The summed E-state index contributed by atoms with van der Waals surface area (Å²) >= 11 is 6.50. The van der Waals surface area contributed by atoms with E-state index in [1.165, 1.54) is 57.7 Å². The number of aliphatic hydroxyl groups excluding tert-OH is 2. The molecule has 6 aliphatic rings. The molecule has 0 saturated carbocycles. The average molecular weight is 2040 g/mol. The van der Waals surface area contributed by atoms with E-state index in [0.717, 1.165) is 36.5 Å². The smallest absolute Gasteiger partial charge is 0.311 e. The molecule has 6 aliphatic heterocycles. The number of hydrogen-bond donors (Lipinski definition) is 5. The number of aryl methyl sites for hydroxylation is 9. The SMILES string of the molecule is CC12COC(C(C)(C)C)(OC1)OC2.COc1ccccc1Oc1c(CC(C)(C)C(=O)OCC(C)(CO)CO)nc(-c2nc(C)cc(C)n2)nc1NS(=O)(=O)c1ccc(C)cc1.COc1ccccc1Oc1c(CC(C)(C)C23OCC(C)(CO2)CO3)nc(-c2nc(C)cc(C)n2)nc1NS(=O)(=O)c1ccc(C)cc1.COc1ccccc1Oc1c(Cl)nc(-c2nc(C)cc(C)n2)nc1NS(=O)(=O)c1ccc(C)cc1. The van der Waals surface area contributed by atoms with Crippen molar-refractivity contribution in [2.75, 3.05) is 95.0 Å². The Morgan fingerprint density at radius 2 is 0.650 bits per heavy atom. The Balaban J connectivity index is 0.000000170. The van der Waals surface area contributed by atoms with E-state index >= 15 is 0 Å². The number of para-hydroxylation sites is 6. The Morgan fingerprint density at radius 3 is 0.951 bits per heavy atom. The lowest BCUT2D eigenvalue weighted by molar-refractivity contribution is -0.499. The molecule has 0 unspecified atom stereocenters. The van der Waals surface area contributed by atoms with E-state index in [4.69, 9.17) is 83.1 Å². The summed E-state index contributed by atoms with van der Waals surface area (Å²) < 4.78 is 166. The number of carbonyl (C=O) groups excluding carboxylic acids is 1. The number of hydrogen-bond acceptors (Lipinski definition) is 34. The second-order valence-corrected chi connectivity index (χ2v) is 44.2. The number of nitrogens with zero attached hydrogens (tertiary/aromatic N) is 12. The number of aromatic nitrogens is 12. The lowest BCUT2D eigenvalue weighted by Crippen LogP contribution is -2.65. The van der Waals surface area contributed by atoms with Crippen LogP contribution in [-0.2, 0) is 80.9 Å². The highest BCUT2D eigenvalue weighted by atomic mass is 35.5. The van der Waals surface area contributed by atoms with Crippen molar-refractivity contribution >= 4 is 65.1 Å². The zero-order valence-electron chi connectivity index (χ0n) is 83.9. The van der Waals surface area contributed by atoms with E-state index in [1.807, 2.05) is 54.5 Å². The van der Waals surface area contributed by atoms with E-state index in [1.54, 1.807) is 170 Å². The van der Waals surface area contributed by atoms with Crippen molar-refractivity contribution in [3.05, 3.63) is 231 Å². The van der Waals surface area contributed by atoms with Crippen LogP contribution in [0.15, 0.2) is 178 Å². The summed E-state index contributed by atoms with van der Waals surface area (Å²) in [5, 5.41) is 19.2. The monoisotopic (exact) mass is 2040 g/mol. The summed E-state index contributed by atoms with van der Waals surface area (Å²) in [6, 6.07) is 45.2. The van der Waals surface area contributed by atoms with E-state index in [9.17, 15) is 40.3 Å². The van der Waals surface area contributed by atoms with Crippen molar-refractivity contribution in [1.82, 2.24) is 59.8 Å². The molecule has 6 aromatic heterocycles. The predicted octanol–water partition coefficient (Wildman–Crippen LogP) is 17.2. The van der Waals surface area contributed by atoms with E-state index in [0.29, 0.717) is 88.4 Å². The maximum atomic E-state index is 13.8. The standard InChI is InChI=1S/C34H41N5O8S.C34H39N5O7S.C24H22ClN5O4S.C10H18O3/c1-21-12-14-24(15-13-21)48(43,44)39-29-28(47-27-11-9-8-10-26(27)45-7)25(37-31(38-29)30-35-22(2)16-23(3)36-30)17-33(4,5)32(42)46-20-34(6,18-40)19-41;1-21-12-14-24(15-13-21)47(40,41)39-29-28(46-27-11-9-8-10-26(27)42-7)25(37-31(38-29)30-35-22(2)16-23(3)36-30)17-32(4,5)34-43-18-33(6,19-44-34)20-45-34;1-14-9-11-17(12-10-14)35(31,32)30-22-20(34-19-8-6-5-7-18(19)33-4)21(25)28-24(29-22)23-26-15(2)13-16(3)27-23;1-8(2,3)10-11-5-9(4,6-12-10)7-13-10/h8-16,40-41H,17-20H2,1-7H3,(H,37,38,39);8-16H,17-20H2,1-7H3,(H,37,38,39);5-13H,1-4H3,(H,28,29,30);5-7H2,1-4H3. The fourth-order valence-electron chi connectivity index (χ4n) is 15.0. The normalized spacial score (nSPS) is 17.8. The molecule has 0 spiro atoms. The van der Waals surface area contributed by atoms with Gasteiger partial charge >= 0.3 is 5.97 Å². The van der Waals surface area contributed by atoms with E-state index < -0.39 is 77.4 Å². The number of fused-ring (bicyclic) bond motifs is 6. The zero-order valence-corrected chi connectivity index (χ0v) is 87.1. The summed E-state index contributed by atoms with van der Waals surface area (Å²) in [5.74, 6) is -0.667. The Labute approximate surface area is 837 Å². The van der Waals surface area contributed by atoms with Crippen LogP contribution in [0, 0.1) is 94.8 Å². The number of rotatable bonds is 31. The molecule has 41 heteroatoms. The molecular weight excluding hydrogens is 1920 g/mol. The number of carbonyl (C=O) groups is 1. The molecule has 6 saturated heterocycles. The minimum Gasteiger partial charge on any atom is -0.493 e. The lowest BCUT2D eigenvalue weighted by Gasteiger charge is -2.56. The van der Waals surface area contributed by atoms with E-state index in [2.05, 4.69) is 98.6 Å². The maximum Gasteiger partial charge on any atom is 0.311 e. The van der Waals surface area contributed by atoms with Gasteiger partial charge in [-0.3, -0.25) is 19.0 Å². The van der Waals surface area contributed by atoms with Crippen LogP contribution in [0.25, 0.3) is 34.9 Å². The van der Waals surface area contributed by atoms with Gasteiger partial charge in [0.1, 0.15) is 6.61 Å². The number of aliphatic hydroxyl groups is 2. The van der Waals surface area contributed by atoms with Crippen LogP contribution in [0.4, 0.5) is 17.5 Å². The quantitative estimate of drug-likeness (QED) is 0.0199. The number of sulfonamides is 3. The Kier molecular flexibility index (Phi) is 32.7. The number of methoxy groups -OCH3 is 3. The first-order valence-electron chi connectivity index (χ1n) is 45.7. The summed E-state index contributed by atoms with van der Waals surface area (Å²) in [4.78, 5) is 68.0. The number of nitrogens with one attached hydrogen (secondary N) is 3. The van der Waals surface area contributed by atoms with Gasteiger partial charge in [0.2, 0.25) is 11.6 Å². The molecule has 0 aliphatic carbocycles. The van der Waals surface area contributed by atoms with Gasteiger partial charge in [0.05, 0.1) is 111 Å². The molecule has 760 valence electrons. The molecule has 0 amide bonds.